The van der Waals surface area contributed by atoms with E-state index in [1.54, 1.807) is 18.3 Å². The second kappa shape index (κ2) is 4.28. The van der Waals surface area contributed by atoms with Crippen molar-refractivity contribution in [3.05, 3.63) is 35.0 Å². The fourth-order valence-electron chi connectivity index (χ4n) is 1.19. The topological polar surface area (TPSA) is 80.9 Å². The Balaban J connectivity index is 2.18. The number of anilines is 2. The van der Waals surface area contributed by atoms with Gasteiger partial charge in [-0.2, -0.15) is 0 Å². The molecule has 0 aliphatic carbocycles. The molecule has 1 amide bonds. The Morgan fingerprint density at radius 3 is 3.00 bits per heavy atom. The van der Waals surface area contributed by atoms with Crippen molar-refractivity contribution < 1.29 is 4.79 Å². The molecule has 2 heterocycles. The van der Waals surface area contributed by atoms with E-state index in [4.69, 9.17) is 5.73 Å². The largest absolute Gasteiger partial charge is 0.383 e. The summed E-state index contributed by atoms with van der Waals surface area (Å²) in [4.78, 5) is 19.8. The zero-order valence-electron chi connectivity index (χ0n) is 8.60. The number of hydrogen-bond acceptors (Lipinski definition) is 5. The highest BCUT2D eigenvalue weighted by molar-refractivity contribution is 7.13. The zero-order chi connectivity index (χ0) is 11.5. The third-order valence-electron chi connectivity index (χ3n) is 1.92. The van der Waals surface area contributed by atoms with Gasteiger partial charge in [-0.1, -0.05) is 0 Å². The van der Waals surface area contributed by atoms with Gasteiger partial charge >= 0.3 is 0 Å². The van der Waals surface area contributed by atoms with Crippen LogP contribution in [0.3, 0.4) is 0 Å². The zero-order valence-corrected chi connectivity index (χ0v) is 9.41. The molecule has 0 saturated heterocycles. The summed E-state index contributed by atoms with van der Waals surface area (Å²) in [7, 11) is 0. The molecule has 3 N–H and O–H groups in total. The number of amides is 1. The van der Waals surface area contributed by atoms with Crippen LogP contribution in [-0.4, -0.2) is 15.9 Å². The molecule has 0 saturated carbocycles. The van der Waals surface area contributed by atoms with Gasteiger partial charge in [-0.05, 0) is 19.1 Å². The van der Waals surface area contributed by atoms with Gasteiger partial charge in [0.25, 0.3) is 5.91 Å². The minimum absolute atomic E-state index is 0.216. The fraction of sp³-hybridized carbons (Fsp3) is 0.100. The molecule has 82 valence electrons. The summed E-state index contributed by atoms with van der Waals surface area (Å²) in [5.74, 6) is -0.0757. The highest BCUT2D eigenvalue weighted by Crippen LogP contribution is 2.16. The minimum Gasteiger partial charge on any atom is -0.383 e. The molecular formula is C10H10N4OS. The summed E-state index contributed by atoms with van der Waals surface area (Å²) in [5.41, 5.74) is 6.82. The molecule has 0 atom stereocenters. The van der Waals surface area contributed by atoms with Gasteiger partial charge in [-0.25, -0.2) is 9.97 Å². The molecule has 0 spiro atoms. The Morgan fingerprint density at radius 1 is 1.56 bits per heavy atom. The number of carbonyl (C=O) groups excluding carboxylic acids is 1. The van der Waals surface area contributed by atoms with Crippen LogP contribution in [-0.2, 0) is 0 Å². The van der Waals surface area contributed by atoms with E-state index in [9.17, 15) is 4.79 Å². The van der Waals surface area contributed by atoms with Crippen LogP contribution in [0.4, 0.5) is 10.9 Å². The van der Waals surface area contributed by atoms with E-state index in [1.807, 2.05) is 12.3 Å². The number of hydrogen-bond donors (Lipinski definition) is 2. The maximum atomic E-state index is 11.8. The van der Waals surface area contributed by atoms with Gasteiger partial charge in [0.1, 0.15) is 5.82 Å². The summed E-state index contributed by atoms with van der Waals surface area (Å²) in [6, 6.07) is 3.29. The second-order valence-electron chi connectivity index (χ2n) is 3.18. The monoisotopic (exact) mass is 234 g/mol. The van der Waals surface area contributed by atoms with Gasteiger partial charge in [0.2, 0.25) is 0 Å². The van der Waals surface area contributed by atoms with E-state index in [2.05, 4.69) is 15.3 Å². The number of nitrogen functional groups attached to an aromatic ring is 1. The van der Waals surface area contributed by atoms with E-state index >= 15 is 0 Å². The van der Waals surface area contributed by atoms with Crippen LogP contribution < -0.4 is 11.1 Å². The lowest BCUT2D eigenvalue weighted by atomic mass is 10.2. The van der Waals surface area contributed by atoms with Crippen LogP contribution in [0.1, 0.15) is 16.1 Å². The predicted molar refractivity (Wildman–Crippen MR) is 63.5 cm³/mol. The maximum absolute atomic E-state index is 11.8. The first kappa shape index (κ1) is 10.6. The van der Waals surface area contributed by atoms with Crippen molar-refractivity contribution in [3.63, 3.8) is 0 Å². The van der Waals surface area contributed by atoms with Crippen molar-refractivity contribution in [2.75, 3.05) is 11.1 Å². The number of thiazole rings is 1. The highest BCUT2D eigenvalue weighted by Gasteiger charge is 2.11. The van der Waals surface area contributed by atoms with E-state index in [0.717, 1.165) is 5.69 Å². The first-order valence-electron chi connectivity index (χ1n) is 4.61. The van der Waals surface area contributed by atoms with Crippen molar-refractivity contribution >= 4 is 28.2 Å². The van der Waals surface area contributed by atoms with Gasteiger partial charge < -0.3 is 5.73 Å². The van der Waals surface area contributed by atoms with Gasteiger partial charge in [0, 0.05) is 11.6 Å². The van der Waals surface area contributed by atoms with Crippen molar-refractivity contribution in [2.45, 2.75) is 6.92 Å². The predicted octanol–water partition coefficient (Wildman–Crippen LogP) is 1.68. The third-order valence-corrected chi connectivity index (χ3v) is 2.80. The number of nitrogens with two attached hydrogens (primary N) is 1. The molecular weight excluding hydrogens is 224 g/mol. The summed E-state index contributed by atoms with van der Waals surface area (Å²) >= 11 is 1.37. The average Bonchev–Trinajstić information content (AvgIpc) is 2.64. The molecule has 0 unspecified atom stereocenters. The van der Waals surface area contributed by atoms with Crippen molar-refractivity contribution in [3.8, 4) is 0 Å². The molecule has 2 aromatic heterocycles. The Labute approximate surface area is 96.3 Å². The molecule has 0 aromatic carbocycles. The number of nitrogens with zero attached hydrogens (tertiary/aromatic N) is 2. The molecule has 0 aliphatic heterocycles. The van der Waals surface area contributed by atoms with E-state index in [0.29, 0.717) is 10.7 Å². The van der Waals surface area contributed by atoms with Crippen molar-refractivity contribution in [1.29, 1.82) is 0 Å². The molecule has 2 aromatic rings. The number of rotatable bonds is 2. The summed E-state index contributed by atoms with van der Waals surface area (Å²) in [6.07, 6.45) is 1.54. The van der Waals surface area contributed by atoms with Crippen LogP contribution in [0.15, 0.2) is 23.7 Å². The molecule has 0 bridgehead atoms. The minimum atomic E-state index is -0.292. The Morgan fingerprint density at radius 2 is 2.38 bits per heavy atom. The summed E-state index contributed by atoms with van der Waals surface area (Å²) in [6.45, 7) is 1.87. The van der Waals surface area contributed by atoms with Crippen LogP contribution in [0.2, 0.25) is 0 Å². The van der Waals surface area contributed by atoms with Crippen molar-refractivity contribution in [2.24, 2.45) is 0 Å². The van der Waals surface area contributed by atoms with Gasteiger partial charge in [0.15, 0.2) is 5.13 Å². The molecule has 0 radical (unpaired) electrons. The molecule has 16 heavy (non-hydrogen) atoms. The van der Waals surface area contributed by atoms with E-state index < -0.39 is 0 Å². The molecule has 2 rings (SSSR count). The lowest BCUT2D eigenvalue weighted by Crippen LogP contribution is -2.14. The fourth-order valence-corrected chi connectivity index (χ4v) is 1.87. The molecule has 5 nitrogen and oxygen atoms in total. The Hall–Kier alpha value is -1.95. The highest BCUT2D eigenvalue weighted by atomic mass is 32.1. The smallest absolute Gasteiger partial charge is 0.261 e. The number of aryl methyl sites for hydroxylation is 1. The molecule has 0 aliphatic rings. The first-order valence-corrected chi connectivity index (χ1v) is 5.49. The van der Waals surface area contributed by atoms with Gasteiger partial charge in [0.05, 0.1) is 11.3 Å². The van der Waals surface area contributed by atoms with Crippen LogP contribution >= 0.6 is 11.3 Å². The second-order valence-corrected chi connectivity index (χ2v) is 4.04. The Kier molecular flexibility index (Phi) is 2.82. The number of pyridine rings is 1. The number of nitrogens with one attached hydrogen (secondary N) is 1. The quantitative estimate of drug-likeness (QED) is 0.828. The molecule has 0 fully saturated rings. The Bertz CT molecular complexity index is 523. The average molecular weight is 234 g/mol. The van der Waals surface area contributed by atoms with E-state index in [-0.39, 0.29) is 11.7 Å². The van der Waals surface area contributed by atoms with Crippen LogP contribution in [0, 0.1) is 6.92 Å². The van der Waals surface area contributed by atoms with Gasteiger partial charge in [-0.3, -0.25) is 10.1 Å². The van der Waals surface area contributed by atoms with Crippen LogP contribution in [0.5, 0.6) is 0 Å². The van der Waals surface area contributed by atoms with E-state index in [1.165, 1.54) is 11.3 Å². The standard InChI is InChI=1S/C10H10N4OS/c1-6-5-16-10(13-6)14-9(15)7-3-2-4-12-8(7)11/h2-5H,1H3,(H2,11,12)(H,13,14,15). The van der Waals surface area contributed by atoms with Gasteiger partial charge in [-0.15, -0.1) is 11.3 Å². The maximum Gasteiger partial charge on any atom is 0.261 e. The van der Waals surface area contributed by atoms with Crippen LogP contribution in [0.25, 0.3) is 0 Å². The summed E-state index contributed by atoms with van der Waals surface area (Å²) < 4.78 is 0. The first-order chi connectivity index (χ1) is 7.66. The normalized spacial score (nSPS) is 10.1. The summed E-state index contributed by atoms with van der Waals surface area (Å²) in [5, 5.41) is 5.09. The SMILES string of the molecule is Cc1csc(NC(=O)c2cccnc2N)n1. The third kappa shape index (κ3) is 2.17. The number of carbonyl (C=O) groups is 1. The van der Waals surface area contributed by atoms with Crippen molar-refractivity contribution in [1.82, 2.24) is 9.97 Å². The molecule has 6 heteroatoms. The lowest BCUT2D eigenvalue weighted by molar-refractivity contribution is 0.102. The number of aromatic nitrogens is 2. The lowest BCUT2D eigenvalue weighted by Gasteiger charge is -2.03.